The van der Waals surface area contributed by atoms with Crippen LogP contribution in [0.3, 0.4) is 0 Å². The van der Waals surface area contributed by atoms with Crippen LogP contribution in [0.2, 0.25) is 0 Å². The Kier molecular flexibility index (Phi) is 2.95. The Morgan fingerprint density at radius 3 is 2.89 bits per heavy atom. The fourth-order valence-corrected chi connectivity index (χ4v) is 3.42. The first-order valence-electron chi connectivity index (χ1n) is 6.32. The molecule has 2 aromatic rings. The van der Waals surface area contributed by atoms with Gasteiger partial charge < -0.3 is 9.67 Å². The van der Waals surface area contributed by atoms with Crippen LogP contribution >= 0.6 is 11.3 Å². The van der Waals surface area contributed by atoms with Gasteiger partial charge in [-0.1, -0.05) is 0 Å². The van der Waals surface area contributed by atoms with Crippen molar-refractivity contribution in [3.8, 4) is 0 Å². The molecule has 0 aliphatic heterocycles. The molecule has 1 fully saturated rings. The maximum absolute atomic E-state index is 10.6. The highest BCUT2D eigenvalue weighted by molar-refractivity contribution is 7.09. The molecule has 0 unspecified atom stereocenters. The Morgan fingerprint density at radius 1 is 1.44 bits per heavy atom. The molecule has 0 bridgehead atoms. The van der Waals surface area contributed by atoms with E-state index in [9.17, 15) is 5.11 Å². The smallest absolute Gasteiger partial charge is 0.141 e. The average Bonchev–Trinajstić information content (AvgIpc) is 3.02. The van der Waals surface area contributed by atoms with Crippen LogP contribution in [-0.4, -0.2) is 19.6 Å². The number of imidazole rings is 1. The van der Waals surface area contributed by atoms with E-state index in [0.29, 0.717) is 6.54 Å². The Bertz CT molecular complexity index is 540. The molecule has 4 nitrogen and oxygen atoms in total. The second kappa shape index (κ2) is 4.48. The zero-order chi connectivity index (χ0) is 12.6. The van der Waals surface area contributed by atoms with Crippen LogP contribution in [0.1, 0.15) is 42.2 Å². The Balaban J connectivity index is 1.87. The fraction of sp³-hybridized carbons (Fsp3) is 0.538. The highest BCUT2D eigenvalue weighted by atomic mass is 32.1. The summed E-state index contributed by atoms with van der Waals surface area (Å²) in [6.07, 6.45) is 7.51. The molecule has 1 saturated carbocycles. The lowest BCUT2D eigenvalue weighted by Crippen LogP contribution is -2.26. The predicted octanol–water partition coefficient (Wildman–Crippen LogP) is 2.46. The first kappa shape index (κ1) is 11.9. The van der Waals surface area contributed by atoms with Crippen molar-refractivity contribution in [2.24, 2.45) is 0 Å². The molecule has 0 spiro atoms. The highest BCUT2D eigenvalue weighted by Gasteiger charge is 2.36. The SMILES string of the molecule is Cc1csc(Cn2ccnc2C2(O)CCCC2)n1. The minimum absolute atomic E-state index is 0.705. The molecular formula is C13H17N3OS. The molecule has 3 rings (SSSR count). The predicted molar refractivity (Wildman–Crippen MR) is 70.5 cm³/mol. The number of aliphatic hydroxyl groups is 1. The minimum atomic E-state index is -0.726. The lowest BCUT2D eigenvalue weighted by atomic mass is 10.0. The van der Waals surface area contributed by atoms with Gasteiger partial charge in [0.25, 0.3) is 0 Å². The third kappa shape index (κ3) is 2.08. The van der Waals surface area contributed by atoms with E-state index < -0.39 is 5.60 Å². The third-order valence-corrected chi connectivity index (χ3v) is 4.49. The lowest BCUT2D eigenvalue weighted by molar-refractivity contribution is 0.0318. The summed E-state index contributed by atoms with van der Waals surface area (Å²) in [5.74, 6) is 0.799. The van der Waals surface area contributed by atoms with Crippen molar-refractivity contribution < 1.29 is 5.11 Å². The van der Waals surface area contributed by atoms with Crippen molar-refractivity contribution in [3.05, 3.63) is 34.3 Å². The van der Waals surface area contributed by atoms with Gasteiger partial charge in [0.05, 0.1) is 6.54 Å². The van der Waals surface area contributed by atoms with Gasteiger partial charge in [-0.3, -0.25) is 0 Å². The van der Waals surface area contributed by atoms with Crippen molar-refractivity contribution in [3.63, 3.8) is 0 Å². The molecule has 1 aliphatic rings. The van der Waals surface area contributed by atoms with Gasteiger partial charge in [0, 0.05) is 23.5 Å². The van der Waals surface area contributed by atoms with Gasteiger partial charge >= 0.3 is 0 Å². The number of aromatic nitrogens is 3. The van der Waals surface area contributed by atoms with Crippen LogP contribution in [0, 0.1) is 6.92 Å². The number of hydrogen-bond acceptors (Lipinski definition) is 4. The van der Waals surface area contributed by atoms with Crippen molar-refractivity contribution in [2.45, 2.75) is 44.8 Å². The zero-order valence-electron chi connectivity index (χ0n) is 10.5. The monoisotopic (exact) mass is 263 g/mol. The number of aryl methyl sites for hydroxylation is 1. The van der Waals surface area contributed by atoms with Crippen molar-refractivity contribution in [2.75, 3.05) is 0 Å². The molecular weight excluding hydrogens is 246 g/mol. The Labute approximate surface area is 110 Å². The van der Waals surface area contributed by atoms with E-state index in [4.69, 9.17) is 0 Å². The molecule has 5 heteroatoms. The number of thiazole rings is 1. The van der Waals surface area contributed by atoms with E-state index in [1.54, 1.807) is 17.5 Å². The summed E-state index contributed by atoms with van der Waals surface area (Å²) in [5.41, 5.74) is 0.326. The maximum Gasteiger partial charge on any atom is 0.141 e. The highest BCUT2D eigenvalue weighted by Crippen LogP contribution is 2.37. The van der Waals surface area contributed by atoms with Gasteiger partial charge in [-0.25, -0.2) is 9.97 Å². The summed E-state index contributed by atoms with van der Waals surface area (Å²) in [6, 6.07) is 0. The van der Waals surface area contributed by atoms with Gasteiger partial charge in [0.2, 0.25) is 0 Å². The van der Waals surface area contributed by atoms with Gasteiger partial charge in [0.15, 0.2) is 0 Å². The first-order valence-corrected chi connectivity index (χ1v) is 7.20. The number of hydrogen-bond donors (Lipinski definition) is 1. The summed E-state index contributed by atoms with van der Waals surface area (Å²) in [4.78, 5) is 8.83. The van der Waals surface area contributed by atoms with E-state index >= 15 is 0 Å². The normalized spacial score (nSPS) is 18.3. The molecule has 1 aliphatic carbocycles. The molecule has 0 amide bonds. The summed E-state index contributed by atoms with van der Waals surface area (Å²) in [6.45, 7) is 2.70. The summed E-state index contributed by atoms with van der Waals surface area (Å²) >= 11 is 1.66. The molecule has 2 heterocycles. The molecule has 0 atom stereocenters. The molecule has 18 heavy (non-hydrogen) atoms. The standard InChI is InChI=1S/C13H17N3OS/c1-10-9-18-11(15-10)8-16-7-6-14-12(16)13(17)4-2-3-5-13/h6-7,9,17H,2-5,8H2,1H3. The maximum atomic E-state index is 10.6. The number of nitrogens with zero attached hydrogens (tertiary/aromatic N) is 3. The van der Waals surface area contributed by atoms with Gasteiger partial charge in [-0.15, -0.1) is 11.3 Å². The largest absolute Gasteiger partial charge is 0.382 e. The van der Waals surface area contributed by atoms with Crippen molar-refractivity contribution >= 4 is 11.3 Å². The van der Waals surface area contributed by atoms with Gasteiger partial charge in [0.1, 0.15) is 16.4 Å². The van der Waals surface area contributed by atoms with Crippen LogP contribution in [0.4, 0.5) is 0 Å². The second-order valence-electron chi connectivity index (χ2n) is 5.00. The average molecular weight is 263 g/mol. The van der Waals surface area contributed by atoms with Gasteiger partial charge in [-0.05, 0) is 32.6 Å². The minimum Gasteiger partial charge on any atom is -0.382 e. The van der Waals surface area contributed by atoms with Crippen molar-refractivity contribution in [1.82, 2.24) is 14.5 Å². The molecule has 2 aromatic heterocycles. The first-order chi connectivity index (χ1) is 8.67. The molecule has 96 valence electrons. The topological polar surface area (TPSA) is 50.9 Å². The number of rotatable bonds is 3. The van der Waals surface area contributed by atoms with Crippen LogP contribution in [0.25, 0.3) is 0 Å². The van der Waals surface area contributed by atoms with E-state index in [-0.39, 0.29) is 0 Å². The van der Waals surface area contributed by atoms with Crippen LogP contribution in [0.15, 0.2) is 17.8 Å². The fourth-order valence-electron chi connectivity index (χ4n) is 2.65. The van der Waals surface area contributed by atoms with Crippen molar-refractivity contribution in [1.29, 1.82) is 0 Å². The molecule has 0 saturated heterocycles. The van der Waals surface area contributed by atoms with E-state index in [1.165, 1.54) is 0 Å². The van der Waals surface area contributed by atoms with E-state index in [0.717, 1.165) is 42.2 Å². The molecule has 1 N–H and O–H groups in total. The Morgan fingerprint density at radius 2 is 2.22 bits per heavy atom. The molecule has 0 aromatic carbocycles. The van der Waals surface area contributed by atoms with Crippen LogP contribution in [0.5, 0.6) is 0 Å². The van der Waals surface area contributed by atoms with E-state index in [2.05, 4.69) is 15.3 Å². The Hall–Kier alpha value is -1.20. The third-order valence-electron chi connectivity index (χ3n) is 3.53. The second-order valence-corrected chi connectivity index (χ2v) is 5.94. The van der Waals surface area contributed by atoms with Crippen LogP contribution in [-0.2, 0) is 12.1 Å². The lowest BCUT2D eigenvalue weighted by Gasteiger charge is -2.22. The van der Waals surface area contributed by atoms with Gasteiger partial charge in [-0.2, -0.15) is 0 Å². The quantitative estimate of drug-likeness (QED) is 0.925. The summed E-state index contributed by atoms with van der Waals surface area (Å²) < 4.78 is 2.03. The summed E-state index contributed by atoms with van der Waals surface area (Å²) in [5, 5.41) is 13.7. The molecule has 0 radical (unpaired) electrons. The summed E-state index contributed by atoms with van der Waals surface area (Å²) in [7, 11) is 0. The van der Waals surface area contributed by atoms with E-state index in [1.807, 2.05) is 17.7 Å². The van der Waals surface area contributed by atoms with Crippen LogP contribution < -0.4 is 0 Å². The zero-order valence-corrected chi connectivity index (χ0v) is 11.3.